The molecule has 0 amide bonds. The van der Waals surface area contributed by atoms with Crippen molar-refractivity contribution in [2.24, 2.45) is 0 Å². The van der Waals surface area contributed by atoms with E-state index in [2.05, 4.69) is 4.90 Å². The van der Waals surface area contributed by atoms with Gasteiger partial charge in [-0.2, -0.15) is 11.8 Å². The van der Waals surface area contributed by atoms with E-state index in [1.54, 1.807) is 0 Å². The van der Waals surface area contributed by atoms with Gasteiger partial charge in [-0.1, -0.05) is 0 Å². The van der Waals surface area contributed by atoms with Gasteiger partial charge in [-0.25, -0.2) is 0 Å². The molecule has 0 spiro atoms. The Morgan fingerprint density at radius 3 is 3.08 bits per heavy atom. The fourth-order valence-electron chi connectivity index (χ4n) is 2.31. The van der Waals surface area contributed by atoms with Gasteiger partial charge in [0.2, 0.25) is 0 Å². The number of hydrogen-bond acceptors (Lipinski definition) is 3. The van der Waals surface area contributed by atoms with Crippen LogP contribution in [0.25, 0.3) is 0 Å². The largest absolute Gasteiger partial charge is 0.480 e. The van der Waals surface area contributed by atoms with Gasteiger partial charge in [0, 0.05) is 24.1 Å². The third kappa shape index (κ3) is 1.83. The molecule has 0 saturated carbocycles. The molecule has 2 aliphatic heterocycles. The maximum Gasteiger partial charge on any atom is 0.320 e. The van der Waals surface area contributed by atoms with E-state index >= 15 is 0 Å². The fraction of sp³-hybridized carbons (Fsp3) is 0.889. The maximum atomic E-state index is 11.0. The maximum absolute atomic E-state index is 11.0. The van der Waals surface area contributed by atoms with E-state index in [0.717, 1.165) is 30.9 Å². The van der Waals surface area contributed by atoms with E-state index in [9.17, 15) is 4.79 Å². The molecule has 2 unspecified atom stereocenters. The van der Waals surface area contributed by atoms with Crippen LogP contribution in [0, 0.1) is 0 Å². The number of aliphatic carboxylic acids is 1. The Hall–Kier alpha value is -0.220. The van der Waals surface area contributed by atoms with Crippen LogP contribution in [-0.4, -0.2) is 46.1 Å². The second kappa shape index (κ2) is 3.88. The summed E-state index contributed by atoms with van der Waals surface area (Å²) in [6.07, 6.45) is 3.12. The molecule has 13 heavy (non-hydrogen) atoms. The zero-order valence-electron chi connectivity index (χ0n) is 7.61. The van der Waals surface area contributed by atoms with Gasteiger partial charge >= 0.3 is 5.97 Å². The van der Waals surface area contributed by atoms with E-state index in [4.69, 9.17) is 5.11 Å². The van der Waals surface area contributed by atoms with Crippen molar-refractivity contribution in [2.45, 2.75) is 31.3 Å². The Labute approximate surface area is 82.5 Å². The molecule has 1 N–H and O–H groups in total. The van der Waals surface area contributed by atoms with Crippen molar-refractivity contribution in [2.75, 3.05) is 18.1 Å². The molecule has 2 saturated heterocycles. The molecule has 2 rings (SSSR count). The predicted octanol–water partition coefficient (Wildman–Crippen LogP) is 1.04. The number of thioether (sulfide) groups is 1. The van der Waals surface area contributed by atoms with Crippen LogP contribution in [0.4, 0.5) is 0 Å². The molecule has 2 fully saturated rings. The fourth-order valence-corrected chi connectivity index (χ4v) is 3.44. The minimum Gasteiger partial charge on any atom is -0.480 e. The summed E-state index contributed by atoms with van der Waals surface area (Å²) in [5, 5.41) is 9.03. The van der Waals surface area contributed by atoms with Gasteiger partial charge in [0.05, 0.1) is 0 Å². The van der Waals surface area contributed by atoms with Gasteiger partial charge in [0.25, 0.3) is 0 Å². The minimum atomic E-state index is -0.628. The van der Waals surface area contributed by atoms with E-state index in [0.29, 0.717) is 6.04 Å². The number of fused-ring (bicyclic) bond motifs is 1. The highest BCUT2D eigenvalue weighted by atomic mass is 32.2. The zero-order valence-corrected chi connectivity index (χ0v) is 8.42. The SMILES string of the molecule is O=C(O)C1CCCC2CSCCN21. The zero-order chi connectivity index (χ0) is 9.26. The normalized spacial score (nSPS) is 35.4. The monoisotopic (exact) mass is 201 g/mol. The van der Waals surface area contributed by atoms with Gasteiger partial charge in [-0.3, -0.25) is 9.69 Å². The lowest BCUT2D eigenvalue weighted by atomic mass is 9.96. The molecule has 2 aliphatic rings. The summed E-state index contributed by atoms with van der Waals surface area (Å²) in [7, 11) is 0. The lowest BCUT2D eigenvalue weighted by Gasteiger charge is -2.42. The number of rotatable bonds is 1. The Bertz CT molecular complexity index is 208. The van der Waals surface area contributed by atoms with Crippen LogP contribution in [0.15, 0.2) is 0 Å². The first-order valence-electron chi connectivity index (χ1n) is 4.85. The number of piperidine rings is 1. The molecular formula is C9H15NO2S. The summed E-state index contributed by atoms with van der Waals surface area (Å²) < 4.78 is 0. The van der Waals surface area contributed by atoms with Gasteiger partial charge in [0.1, 0.15) is 6.04 Å². The second-order valence-electron chi connectivity index (χ2n) is 3.75. The van der Waals surface area contributed by atoms with Crippen LogP contribution < -0.4 is 0 Å². The Morgan fingerprint density at radius 1 is 1.46 bits per heavy atom. The molecule has 0 bridgehead atoms. The second-order valence-corrected chi connectivity index (χ2v) is 4.90. The molecule has 0 aromatic heterocycles. The molecule has 0 aromatic rings. The van der Waals surface area contributed by atoms with Crippen molar-refractivity contribution < 1.29 is 9.90 Å². The summed E-state index contributed by atoms with van der Waals surface area (Å²) in [6, 6.07) is 0.341. The van der Waals surface area contributed by atoms with E-state index in [-0.39, 0.29) is 6.04 Å². The Morgan fingerprint density at radius 2 is 2.31 bits per heavy atom. The molecule has 3 nitrogen and oxygen atoms in total. The van der Waals surface area contributed by atoms with Crippen LogP contribution in [0.5, 0.6) is 0 Å². The van der Waals surface area contributed by atoms with Gasteiger partial charge in [-0.15, -0.1) is 0 Å². The first-order chi connectivity index (χ1) is 6.29. The van der Waals surface area contributed by atoms with Crippen molar-refractivity contribution in [3.8, 4) is 0 Å². The standard InChI is InChI=1S/C9H15NO2S/c11-9(12)8-3-1-2-7-6-13-5-4-10(7)8/h7-8H,1-6H2,(H,11,12). The van der Waals surface area contributed by atoms with Crippen LogP contribution in [-0.2, 0) is 4.79 Å². The van der Waals surface area contributed by atoms with Crippen molar-refractivity contribution in [3.05, 3.63) is 0 Å². The predicted molar refractivity (Wildman–Crippen MR) is 53.1 cm³/mol. The van der Waals surface area contributed by atoms with E-state index in [1.807, 2.05) is 11.8 Å². The molecule has 0 aliphatic carbocycles. The van der Waals surface area contributed by atoms with Crippen LogP contribution in [0.2, 0.25) is 0 Å². The number of nitrogens with zero attached hydrogens (tertiary/aromatic N) is 1. The van der Waals surface area contributed by atoms with Crippen LogP contribution in [0.1, 0.15) is 19.3 Å². The summed E-state index contributed by atoms with van der Waals surface area (Å²) in [5.41, 5.74) is 0. The molecule has 2 heterocycles. The van der Waals surface area contributed by atoms with Gasteiger partial charge in [-0.05, 0) is 19.3 Å². The smallest absolute Gasteiger partial charge is 0.320 e. The number of carboxylic acid groups (broad SMARTS) is 1. The number of hydrogen-bond donors (Lipinski definition) is 1. The van der Waals surface area contributed by atoms with Gasteiger partial charge < -0.3 is 5.11 Å². The lowest BCUT2D eigenvalue weighted by Crippen LogP contribution is -2.54. The molecule has 0 aromatic carbocycles. The third-order valence-corrected chi connectivity index (χ3v) is 4.07. The van der Waals surface area contributed by atoms with Gasteiger partial charge in [0.15, 0.2) is 0 Å². The van der Waals surface area contributed by atoms with Crippen LogP contribution >= 0.6 is 11.8 Å². The summed E-state index contributed by atoms with van der Waals surface area (Å²) in [5.74, 6) is 1.60. The van der Waals surface area contributed by atoms with Crippen LogP contribution in [0.3, 0.4) is 0 Å². The minimum absolute atomic E-state index is 0.195. The topological polar surface area (TPSA) is 40.5 Å². The lowest BCUT2D eigenvalue weighted by molar-refractivity contribution is -0.145. The Kier molecular flexibility index (Phi) is 2.79. The third-order valence-electron chi connectivity index (χ3n) is 2.97. The molecule has 4 heteroatoms. The average molecular weight is 201 g/mol. The highest BCUT2D eigenvalue weighted by molar-refractivity contribution is 7.99. The quantitative estimate of drug-likeness (QED) is 0.688. The molecule has 0 radical (unpaired) electrons. The first kappa shape index (κ1) is 9.34. The highest BCUT2D eigenvalue weighted by Gasteiger charge is 2.36. The van der Waals surface area contributed by atoms with Crippen molar-refractivity contribution in [1.82, 2.24) is 4.90 Å². The summed E-state index contributed by atoms with van der Waals surface area (Å²) in [4.78, 5) is 13.2. The molecule has 74 valence electrons. The van der Waals surface area contributed by atoms with Crippen molar-refractivity contribution in [1.29, 1.82) is 0 Å². The molecular weight excluding hydrogens is 186 g/mol. The number of carboxylic acids is 1. The Balaban J connectivity index is 2.06. The van der Waals surface area contributed by atoms with E-state index in [1.165, 1.54) is 6.42 Å². The summed E-state index contributed by atoms with van der Waals surface area (Å²) >= 11 is 1.96. The average Bonchev–Trinajstić information content (AvgIpc) is 2.17. The molecule has 2 atom stereocenters. The number of carbonyl (C=O) groups is 1. The first-order valence-corrected chi connectivity index (χ1v) is 6.01. The van der Waals surface area contributed by atoms with Crippen molar-refractivity contribution in [3.63, 3.8) is 0 Å². The summed E-state index contributed by atoms with van der Waals surface area (Å²) in [6.45, 7) is 0.965. The van der Waals surface area contributed by atoms with E-state index < -0.39 is 5.97 Å². The highest BCUT2D eigenvalue weighted by Crippen LogP contribution is 2.29. The van der Waals surface area contributed by atoms with Crippen molar-refractivity contribution >= 4 is 17.7 Å².